The molecule has 0 unspecified atom stereocenters. The fraction of sp³-hybridized carbons (Fsp3) is 0.357. The smallest absolute Gasteiger partial charge is 0.411 e. The van der Waals surface area contributed by atoms with Crippen molar-refractivity contribution in [3.05, 3.63) is 35.9 Å². The topological polar surface area (TPSA) is 72.9 Å². The van der Waals surface area contributed by atoms with Gasteiger partial charge in [-0.05, 0) is 12.5 Å². The van der Waals surface area contributed by atoms with Crippen molar-refractivity contribution >= 4 is 18.3 Å². The molecule has 1 rings (SSSR count). The van der Waals surface area contributed by atoms with Gasteiger partial charge in [0.15, 0.2) is 0 Å². The Balaban J connectivity index is 2.64. The Hall–Kier alpha value is -2.37. The van der Waals surface area contributed by atoms with Crippen LogP contribution in [0.3, 0.4) is 0 Å². The Bertz CT molecular complexity index is 460. The Labute approximate surface area is 117 Å². The van der Waals surface area contributed by atoms with E-state index in [9.17, 15) is 14.4 Å². The molecule has 0 radical (unpaired) electrons. The Morgan fingerprint density at radius 2 is 1.95 bits per heavy atom. The second-order valence-electron chi connectivity index (χ2n) is 4.06. The average molecular weight is 279 g/mol. The van der Waals surface area contributed by atoms with E-state index in [1.54, 1.807) is 12.1 Å². The monoisotopic (exact) mass is 279 g/mol. The summed E-state index contributed by atoms with van der Waals surface area (Å²) in [6, 6.07) is 8.23. The average Bonchev–Trinajstić information content (AvgIpc) is 2.49. The van der Waals surface area contributed by atoms with E-state index < -0.39 is 18.1 Å². The van der Waals surface area contributed by atoms with Crippen LogP contribution < -0.4 is 0 Å². The van der Waals surface area contributed by atoms with E-state index >= 15 is 0 Å². The van der Waals surface area contributed by atoms with E-state index in [0.29, 0.717) is 6.29 Å². The number of benzene rings is 1. The summed E-state index contributed by atoms with van der Waals surface area (Å²) in [5.74, 6) is -0.608. The van der Waals surface area contributed by atoms with Gasteiger partial charge in [0.25, 0.3) is 0 Å². The number of hydrogen-bond donors (Lipinski definition) is 0. The lowest BCUT2D eigenvalue weighted by Crippen LogP contribution is -2.45. The number of aldehydes is 1. The number of amides is 1. The Kier molecular flexibility index (Phi) is 6.22. The second-order valence-corrected chi connectivity index (χ2v) is 4.06. The van der Waals surface area contributed by atoms with Gasteiger partial charge in [0, 0.05) is 0 Å². The summed E-state index contributed by atoms with van der Waals surface area (Å²) < 4.78 is 9.63. The zero-order valence-corrected chi connectivity index (χ0v) is 11.4. The summed E-state index contributed by atoms with van der Waals surface area (Å²) in [5.41, 5.74) is 0.817. The summed E-state index contributed by atoms with van der Waals surface area (Å²) in [5, 5.41) is 0. The van der Waals surface area contributed by atoms with E-state index in [1.165, 1.54) is 14.0 Å². The van der Waals surface area contributed by atoms with Crippen LogP contribution in [0.5, 0.6) is 0 Å². The van der Waals surface area contributed by atoms with Gasteiger partial charge in [-0.1, -0.05) is 30.3 Å². The van der Waals surface area contributed by atoms with E-state index in [0.717, 1.165) is 10.5 Å². The largest absolute Gasteiger partial charge is 0.467 e. The number of nitrogens with zero attached hydrogens (tertiary/aromatic N) is 1. The third-order valence-corrected chi connectivity index (χ3v) is 2.72. The summed E-state index contributed by atoms with van der Waals surface area (Å²) in [7, 11) is 1.22. The van der Waals surface area contributed by atoms with Gasteiger partial charge in [-0.3, -0.25) is 4.90 Å². The number of esters is 1. The molecule has 0 N–H and O–H groups in total. The lowest BCUT2D eigenvalue weighted by atomic mass is 10.2. The Morgan fingerprint density at radius 1 is 1.30 bits per heavy atom. The molecule has 20 heavy (non-hydrogen) atoms. The van der Waals surface area contributed by atoms with Crippen molar-refractivity contribution in [2.75, 3.05) is 13.7 Å². The molecule has 108 valence electrons. The van der Waals surface area contributed by atoms with Crippen LogP contribution in [-0.4, -0.2) is 42.9 Å². The second kappa shape index (κ2) is 7.93. The van der Waals surface area contributed by atoms with Gasteiger partial charge in [0.2, 0.25) is 0 Å². The van der Waals surface area contributed by atoms with Crippen LogP contribution in [-0.2, 0) is 25.7 Å². The highest BCUT2D eigenvalue weighted by molar-refractivity contribution is 5.82. The number of methoxy groups -OCH3 is 1. The standard InChI is InChI=1S/C14H17NO5/c1-11(13(17)19-2)15(8-9-16)14(18)20-10-12-6-4-3-5-7-12/h3-7,9,11H,8,10H2,1-2H3/t11-/m1/s1. The molecule has 6 heteroatoms. The molecule has 1 aromatic carbocycles. The number of ether oxygens (including phenoxy) is 2. The highest BCUT2D eigenvalue weighted by Crippen LogP contribution is 2.07. The van der Waals surface area contributed by atoms with Crippen molar-refractivity contribution in [1.82, 2.24) is 4.90 Å². The number of rotatable bonds is 6. The molecule has 0 saturated carbocycles. The first-order valence-electron chi connectivity index (χ1n) is 6.09. The number of carbonyl (C=O) groups is 3. The summed E-state index contributed by atoms with van der Waals surface area (Å²) in [4.78, 5) is 34.9. The maximum Gasteiger partial charge on any atom is 0.411 e. The molecule has 0 aromatic heterocycles. The van der Waals surface area contributed by atoms with Crippen molar-refractivity contribution in [3.63, 3.8) is 0 Å². The van der Waals surface area contributed by atoms with Crippen LogP contribution in [0.1, 0.15) is 12.5 Å². The van der Waals surface area contributed by atoms with Crippen molar-refractivity contribution in [3.8, 4) is 0 Å². The van der Waals surface area contributed by atoms with Gasteiger partial charge in [0.1, 0.15) is 18.9 Å². The molecule has 0 aliphatic heterocycles. The predicted molar refractivity (Wildman–Crippen MR) is 70.9 cm³/mol. The lowest BCUT2D eigenvalue weighted by molar-refractivity contribution is -0.145. The minimum Gasteiger partial charge on any atom is -0.467 e. The van der Waals surface area contributed by atoms with Gasteiger partial charge in [-0.25, -0.2) is 9.59 Å². The molecule has 0 heterocycles. The zero-order chi connectivity index (χ0) is 15.0. The van der Waals surface area contributed by atoms with E-state index in [-0.39, 0.29) is 13.2 Å². The molecule has 1 amide bonds. The molecule has 0 bridgehead atoms. The van der Waals surface area contributed by atoms with Gasteiger partial charge in [-0.15, -0.1) is 0 Å². The molecule has 0 spiro atoms. The summed E-state index contributed by atoms with van der Waals surface area (Å²) >= 11 is 0. The maximum absolute atomic E-state index is 11.9. The van der Waals surface area contributed by atoms with Crippen molar-refractivity contribution in [2.45, 2.75) is 19.6 Å². The number of hydrogen-bond acceptors (Lipinski definition) is 5. The van der Waals surface area contributed by atoms with Crippen LogP contribution >= 0.6 is 0 Å². The fourth-order valence-electron chi connectivity index (χ4n) is 1.57. The summed E-state index contributed by atoms with van der Waals surface area (Å²) in [6.07, 6.45) is -0.206. The van der Waals surface area contributed by atoms with E-state index in [1.807, 2.05) is 18.2 Å². The van der Waals surface area contributed by atoms with Crippen LogP contribution in [0.25, 0.3) is 0 Å². The van der Waals surface area contributed by atoms with Crippen LogP contribution in [0.4, 0.5) is 4.79 Å². The zero-order valence-electron chi connectivity index (χ0n) is 11.4. The molecular weight excluding hydrogens is 262 g/mol. The molecule has 1 atom stereocenters. The SMILES string of the molecule is COC(=O)[C@@H](C)N(CC=O)C(=O)OCc1ccccc1. The fourth-order valence-corrected chi connectivity index (χ4v) is 1.57. The first-order valence-corrected chi connectivity index (χ1v) is 6.09. The van der Waals surface area contributed by atoms with Crippen molar-refractivity contribution in [1.29, 1.82) is 0 Å². The van der Waals surface area contributed by atoms with Gasteiger partial charge < -0.3 is 14.3 Å². The first kappa shape index (κ1) is 15.7. The van der Waals surface area contributed by atoms with Gasteiger partial charge in [-0.2, -0.15) is 0 Å². The lowest BCUT2D eigenvalue weighted by Gasteiger charge is -2.24. The molecule has 0 fully saturated rings. The molecule has 0 saturated heterocycles. The molecule has 0 aliphatic carbocycles. The van der Waals surface area contributed by atoms with Crippen molar-refractivity contribution in [2.24, 2.45) is 0 Å². The molecular formula is C14H17NO5. The van der Waals surface area contributed by atoms with Gasteiger partial charge in [0.05, 0.1) is 13.7 Å². The Morgan fingerprint density at radius 3 is 2.50 bits per heavy atom. The minimum atomic E-state index is -0.881. The normalized spacial score (nSPS) is 11.3. The van der Waals surface area contributed by atoms with Crippen LogP contribution in [0.15, 0.2) is 30.3 Å². The van der Waals surface area contributed by atoms with Gasteiger partial charge >= 0.3 is 12.1 Å². The first-order chi connectivity index (χ1) is 9.60. The summed E-state index contributed by atoms with van der Waals surface area (Å²) in [6.45, 7) is 1.31. The maximum atomic E-state index is 11.9. The highest BCUT2D eigenvalue weighted by atomic mass is 16.6. The van der Waals surface area contributed by atoms with E-state index in [4.69, 9.17) is 4.74 Å². The van der Waals surface area contributed by atoms with Crippen LogP contribution in [0, 0.1) is 0 Å². The highest BCUT2D eigenvalue weighted by Gasteiger charge is 2.27. The van der Waals surface area contributed by atoms with Crippen LogP contribution in [0.2, 0.25) is 0 Å². The third kappa shape index (κ3) is 4.38. The molecule has 6 nitrogen and oxygen atoms in total. The van der Waals surface area contributed by atoms with Crippen molar-refractivity contribution < 1.29 is 23.9 Å². The predicted octanol–water partition coefficient (Wildman–Crippen LogP) is 1.39. The number of carbonyl (C=O) groups excluding carboxylic acids is 3. The third-order valence-electron chi connectivity index (χ3n) is 2.72. The molecule has 1 aromatic rings. The molecule has 0 aliphatic rings. The quantitative estimate of drug-likeness (QED) is 0.581. The minimum absolute atomic E-state index is 0.0723. The van der Waals surface area contributed by atoms with E-state index in [2.05, 4.69) is 4.74 Å².